The van der Waals surface area contributed by atoms with Crippen LogP contribution in [0.25, 0.3) is 0 Å². The first-order valence-corrected chi connectivity index (χ1v) is 9.87. The van der Waals surface area contributed by atoms with Crippen LogP contribution in [-0.2, 0) is 17.6 Å². The molecule has 3 heterocycles. The van der Waals surface area contributed by atoms with Crippen molar-refractivity contribution in [2.45, 2.75) is 19.8 Å². The highest BCUT2D eigenvalue weighted by Crippen LogP contribution is 2.38. The van der Waals surface area contributed by atoms with Crippen LogP contribution >= 0.6 is 11.5 Å². The van der Waals surface area contributed by atoms with Crippen LogP contribution in [0.15, 0.2) is 36.8 Å². The number of rotatable bonds is 7. The Hall–Kier alpha value is -2.81. The third-order valence-corrected chi connectivity index (χ3v) is 5.85. The maximum absolute atomic E-state index is 14.2. The molecule has 146 valence electrons. The highest BCUT2D eigenvalue weighted by atomic mass is 32.1. The fourth-order valence-corrected chi connectivity index (χ4v) is 4.17. The molecule has 1 aromatic carbocycles. The Morgan fingerprint density at radius 3 is 2.89 bits per heavy atom. The third-order valence-electron chi connectivity index (χ3n) is 4.98. The van der Waals surface area contributed by atoms with Gasteiger partial charge in [-0.2, -0.15) is 4.37 Å². The van der Waals surface area contributed by atoms with Gasteiger partial charge in [-0.15, -0.1) is 0 Å². The van der Waals surface area contributed by atoms with Crippen molar-refractivity contribution in [1.82, 2.24) is 24.6 Å². The van der Waals surface area contributed by atoms with E-state index in [2.05, 4.69) is 24.6 Å². The average molecular weight is 400 g/mol. The van der Waals surface area contributed by atoms with E-state index in [-0.39, 0.29) is 11.7 Å². The van der Waals surface area contributed by atoms with E-state index in [9.17, 15) is 9.18 Å². The van der Waals surface area contributed by atoms with Gasteiger partial charge in [-0.25, -0.2) is 14.4 Å². The van der Waals surface area contributed by atoms with E-state index in [0.717, 1.165) is 16.6 Å². The second kappa shape index (κ2) is 7.67. The van der Waals surface area contributed by atoms with Gasteiger partial charge in [0.05, 0.1) is 11.7 Å². The van der Waals surface area contributed by atoms with Crippen molar-refractivity contribution in [2.75, 3.05) is 24.5 Å². The fraction of sp³-hybridized carbons (Fsp3) is 0.368. The molecule has 0 spiro atoms. The third kappa shape index (κ3) is 3.75. The van der Waals surface area contributed by atoms with Crippen molar-refractivity contribution in [1.29, 1.82) is 0 Å². The normalized spacial score (nSPS) is 15.3. The maximum atomic E-state index is 14.2. The van der Waals surface area contributed by atoms with Crippen molar-refractivity contribution >= 4 is 22.6 Å². The first kappa shape index (κ1) is 18.5. The lowest BCUT2D eigenvalue weighted by molar-refractivity contribution is -0.132. The van der Waals surface area contributed by atoms with Gasteiger partial charge in [0.25, 0.3) is 0 Å². The zero-order valence-corrected chi connectivity index (χ0v) is 16.3. The van der Waals surface area contributed by atoms with Crippen LogP contribution in [0.4, 0.5) is 9.52 Å². The van der Waals surface area contributed by atoms with Gasteiger partial charge < -0.3 is 15.2 Å². The Morgan fingerprint density at radius 1 is 1.39 bits per heavy atom. The van der Waals surface area contributed by atoms with E-state index in [4.69, 9.17) is 0 Å². The highest BCUT2D eigenvalue weighted by molar-refractivity contribution is 7.09. The minimum Gasteiger partial charge on any atom is -0.355 e. The number of benzene rings is 1. The van der Waals surface area contributed by atoms with Crippen LogP contribution in [0.2, 0.25) is 0 Å². The predicted octanol–water partition coefficient (Wildman–Crippen LogP) is 2.12. The van der Waals surface area contributed by atoms with Crippen LogP contribution in [0, 0.1) is 18.2 Å². The molecule has 1 amide bonds. The number of imidazole rings is 1. The number of nitrogens with zero attached hydrogens (tertiary/aromatic N) is 4. The Kier molecular flexibility index (Phi) is 5.08. The Bertz CT molecular complexity index is 951. The number of aromatic amines is 1. The number of nitrogens with one attached hydrogen (secondary N) is 2. The molecule has 9 heteroatoms. The zero-order chi connectivity index (χ0) is 19.6. The summed E-state index contributed by atoms with van der Waals surface area (Å²) < 4.78 is 18.4. The summed E-state index contributed by atoms with van der Waals surface area (Å²) in [6.45, 7) is 3.32. The van der Waals surface area contributed by atoms with Gasteiger partial charge in [-0.05, 0) is 25.0 Å². The van der Waals surface area contributed by atoms with Crippen molar-refractivity contribution < 1.29 is 9.18 Å². The van der Waals surface area contributed by atoms with E-state index >= 15 is 0 Å². The van der Waals surface area contributed by atoms with Gasteiger partial charge in [0.2, 0.25) is 11.0 Å². The monoisotopic (exact) mass is 400 g/mol. The van der Waals surface area contributed by atoms with Crippen LogP contribution < -0.4 is 10.2 Å². The van der Waals surface area contributed by atoms with E-state index in [1.54, 1.807) is 30.7 Å². The molecular weight excluding hydrogens is 379 g/mol. The molecule has 3 aromatic rings. The number of carbonyl (C=O) groups is 1. The molecule has 0 bridgehead atoms. The molecule has 28 heavy (non-hydrogen) atoms. The number of anilines is 1. The Labute approximate surface area is 166 Å². The summed E-state index contributed by atoms with van der Waals surface area (Å²) >= 11 is 1.32. The molecule has 0 unspecified atom stereocenters. The number of H-pyrrole nitrogens is 1. The van der Waals surface area contributed by atoms with Crippen molar-refractivity contribution in [3.63, 3.8) is 0 Å². The molecule has 7 nitrogen and oxygen atoms in total. The lowest BCUT2D eigenvalue weighted by Crippen LogP contribution is -2.64. The summed E-state index contributed by atoms with van der Waals surface area (Å²) in [7, 11) is 0. The van der Waals surface area contributed by atoms with Crippen LogP contribution in [0.1, 0.15) is 17.1 Å². The molecular formula is C19H21FN6OS. The topological polar surface area (TPSA) is 86.8 Å². The molecule has 1 aliphatic heterocycles. The van der Waals surface area contributed by atoms with Crippen LogP contribution in [0.5, 0.6) is 0 Å². The van der Waals surface area contributed by atoms with Gasteiger partial charge in [-0.1, -0.05) is 18.2 Å². The lowest BCUT2D eigenvalue weighted by Gasteiger charge is -2.48. The number of aryl methyl sites for hydroxylation is 1. The summed E-state index contributed by atoms with van der Waals surface area (Å²) in [5.74, 6) is 0.376. The van der Waals surface area contributed by atoms with Crippen LogP contribution in [0.3, 0.4) is 0 Å². The second-order valence-electron chi connectivity index (χ2n) is 7.11. The molecule has 0 saturated carbocycles. The standard InChI is InChI=1S/C19H21FN6OS/c1-13-24-18(28-25-13)26-10-19(11-26,8-14-4-2-3-5-16(14)20)17(27)22-7-6-15-9-21-12-23-15/h2-5,9,12H,6-8,10-11H2,1H3,(H,21,23)(H,22,27). The van der Waals surface area contributed by atoms with E-state index < -0.39 is 5.41 Å². The number of hydrogen-bond donors (Lipinski definition) is 2. The predicted molar refractivity (Wildman–Crippen MR) is 105 cm³/mol. The molecule has 0 radical (unpaired) electrons. The summed E-state index contributed by atoms with van der Waals surface area (Å²) in [5.41, 5.74) is 0.831. The summed E-state index contributed by atoms with van der Waals surface area (Å²) in [4.78, 5) is 26.5. The number of halogens is 1. The van der Waals surface area contributed by atoms with E-state index in [0.29, 0.717) is 38.0 Å². The molecule has 1 fully saturated rings. The maximum Gasteiger partial charge on any atom is 0.230 e. The SMILES string of the molecule is Cc1nsc(N2CC(Cc3ccccc3F)(C(=O)NCCc3cnc[nH]3)C2)n1. The molecule has 2 aromatic heterocycles. The van der Waals surface area contributed by atoms with Gasteiger partial charge in [0, 0.05) is 49.5 Å². The van der Waals surface area contributed by atoms with Crippen LogP contribution in [-0.4, -0.2) is 44.9 Å². The Balaban J connectivity index is 1.47. The minimum absolute atomic E-state index is 0.0623. The molecule has 4 rings (SSSR count). The second-order valence-corrected chi connectivity index (χ2v) is 7.84. The van der Waals surface area contributed by atoms with Gasteiger partial charge in [0.1, 0.15) is 11.6 Å². The van der Waals surface area contributed by atoms with Crippen molar-refractivity contribution in [2.24, 2.45) is 5.41 Å². The van der Waals surface area contributed by atoms with Gasteiger partial charge in [0.15, 0.2) is 0 Å². The number of carbonyl (C=O) groups excluding carboxylic acids is 1. The van der Waals surface area contributed by atoms with Crippen molar-refractivity contribution in [3.05, 3.63) is 59.7 Å². The van der Waals surface area contributed by atoms with Crippen molar-refractivity contribution in [3.8, 4) is 0 Å². The summed E-state index contributed by atoms with van der Waals surface area (Å²) in [6.07, 6.45) is 4.37. The van der Waals surface area contributed by atoms with Gasteiger partial charge in [-0.3, -0.25) is 4.79 Å². The molecule has 2 N–H and O–H groups in total. The molecule has 1 aliphatic rings. The minimum atomic E-state index is -0.685. The number of aromatic nitrogens is 4. The first-order valence-electron chi connectivity index (χ1n) is 9.10. The first-order chi connectivity index (χ1) is 13.6. The molecule has 1 saturated heterocycles. The van der Waals surface area contributed by atoms with E-state index in [1.807, 2.05) is 11.8 Å². The number of amides is 1. The molecule has 0 atom stereocenters. The largest absolute Gasteiger partial charge is 0.355 e. The number of hydrogen-bond acceptors (Lipinski definition) is 6. The quantitative estimate of drug-likeness (QED) is 0.634. The Morgan fingerprint density at radius 2 is 2.21 bits per heavy atom. The molecule has 0 aliphatic carbocycles. The smallest absolute Gasteiger partial charge is 0.230 e. The van der Waals surface area contributed by atoms with E-state index in [1.165, 1.54) is 17.6 Å². The summed E-state index contributed by atoms with van der Waals surface area (Å²) in [6, 6.07) is 6.64. The van der Waals surface area contributed by atoms with Gasteiger partial charge >= 0.3 is 0 Å². The highest BCUT2D eigenvalue weighted by Gasteiger charge is 2.50. The fourth-order valence-electron chi connectivity index (χ4n) is 3.50. The summed E-state index contributed by atoms with van der Waals surface area (Å²) in [5, 5.41) is 3.81. The average Bonchev–Trinajstić information content (AvgIpc) is 3.31. The lowest BCUT2D eigenvalue weighted by atomic mass is 9.74. The zero-order valence-electron chi connectivity index (χ0n) is 15.5.